The second-order valence-electron chi connectivity index (χ2n) is 6.93. The van der Waals surface area contributed by atoms with Crippen LogP contribution in [0.4, 0.5) is 17.2 Å². The smallest absolute Gasteiger partial charge is 0.330 e. The molecule has 0 saturated heterocycles. The summed E-state index contributed by atoms with van der Waals surface area (Å²) < 4.78 is 1.25. The molecule has 0 unspecified atom stereocenters. The molecule has 3 aromatic rings. The molecule has 0 fully saturated rings. The van der Waals surface area contributed by atoms with Crippen molar-refractivity contribution in [2.75, 3.05) is 29.0 Å². The molecule has 1 amide bonds. The third kappa shape index (κ3) is 4.99. The number of hydrogen-bond acceptors (Lipinski definition) is 6. The van der Waals surface area contributed by atoms with E-state index in [0.29, 0.717) is 5.02 Å². The minimum Gasteiger partial charge on any atom is -0.383 e. The summed E-state index contributed by atoms with van der Waals surface area (Å²) >= 11 is 5.96. The van der Waals surface area contributed by atoms with Crippen LogP contribution in [0, 0.1) is 11.3 Å². The van der Waals surface area contributed by atoms with Gasteiger partial charge in [-0.15, -0.1) is 0 Å². The number of carbonyl (C=O) groups excluding carboxylic acids is 1. The van der Waals surface area contributed by atoms with Crippen LogP contribution in [-0.4, -0.2) is 28.5 Å². The van der Waals surface area contributed by atoms with Crippen molar-refractivity contribution in [2.45, 2.75) is 13.5 Å². The lowest BCUT2D eigenvalue weighted by Crippen LogP contribution is -2.41. The Bertz CT molecular complexity index is 1290. The molecule has 1 aromatic heterocycles. The Morgan fingerprint density at radius 1 is 1.25 bits per heavy atom. The normalized spacial score (nSPS) is 10.4. The maximum Gasteiger partial charge on any atom is 0.330 e. The second-order valence-corrected chi connectivity index (χ2v) is 7.37. The first kappa shape index (κ1) is 22.7. The number of aromatic amines is 1. The molecule has 9 nitrogen and oxygen atoms in total. The van der Waals surface area contributed by atoms with E-state index in [1.165, 1.54) is 21.6 Å². The van der Waals surface area contributed by atoms with Crippen LogP contribution in [0.25, 0.3) is 0 Å². The molecule has 1 heterocycles. The van der Waals surface area contributed by atoms with Crippen LogP contribution in [0.5, 0.6) is 0 Å². The summed E-state index contributed by atoms with van der Waals surface area (Å²) in [5, 5.41) is 12.2. The number of nitriles is 1. The molecule has 0 bridgehead atoms. The monoisotopic (exact) mass is 452 g/mol. The zero-order chi connectivity index (χ0) is 23.3. The number of carbonyl (C=O) groups is 1. The number of benzene rings is 2. The molecule has 164 valence electrons. The molecule has 0 aliphatic heterocycles. The summed E-state index contributed by atoms with van der Waals surface area (Å²) in [5.74, 6) is -0.525. The van der Waals surface area contributed by atoms with Crippen molar-refractivity contribution in [3.05, 3.63) is 85.5 Å². The third-order valence-corrected chi connectivity index (χ3v) is 5.04. The molecule has 0 radical (unpaired) electrons. The minimum absolute atomic E-state index is 0.0183. The lowest BCUT2D eigenvalue weighted by Gasteiger charge is -2.24. The number of nitrogens with zero attached hydrogens (tertiary/aromatic N) is 3. The predicted molar refractivity (Wildman–Crippen MR) is 124 cm³/mol. The number of rotatable bonds is 7. The van der Waals surface area contributed by atoms with Gasteiger partial charge >= 0.3 is 5.69 Å². The Kier molecular flexibility index (Phi) is 6.97. The first-order valence-electron chi connectivity index (χ1n) is 9.75. The van der Waals surface area contributed by atoms with Gasteiger partial charge in [0.2, 0.25) is 5.91 Å². The lowest BCUT2D eigenvalue weighted by atomic mass is 10.2. The largest absolute Gasteiger partial charge is 0.383 e. The minimum atomic E-state index is -0.688. The number of H-pyrrole nitrogens is 1. The van der Waals surface area contributed by atoms with Crippen LogP contribution in [0.1, 0.15) is 18.1 Å². The fourth-order valence-electron chi connectivity index (χ4n) is 3.24. The summed E-state index contributed by atoms with van der Waals surface area (Å²) in [5.41, 5.74) is 6.24. The second kappa shape index (κ2) is 9.85. The van der Waals surface area contributed by atoms with Crippen LogP contribution < -0.4 is 27.2 Å². The van der Waals surface area contributed by atoms with Crippen molar-refractivity contribution in [1.29, 1.82) is 5.26 Å². The molecule has 32 heavy (non-hydrogen) atoms. The van der Waals surface area contributed by atoms with E-state index < -0.39 is 17.2 Å². The van der Waals surface area contributed by atoms with Crippen molar-refractivity contribution in [3.63, 3.8) is 0 Å². The maximum absolute atomic E-state index is 12.7. The fourth-order valence-corrected chi connectivity index (χ4v) is 3.41. The molecule has 4 N–H and O–H groups in total. The summed E-state index contributed by atoms with van der Waals surface area (Å²) in [7, 11) is 0. The number of nitrogens with one attached hydrogen (secondary N) is 2. The van der Waals surface area contributed by atoms with Crippen LogP contribution in [-0.2, 0) is 11.3 Å². The Hall–Kier alpha value is -4.03. The number of likely N-dealkylation sites (N-methyl/N-ethyl adjacent to an activating group) is 1. The number of aromatic nitrogens is 2. The molecule has 0 atom stereocenters. The molecule has 3 rings (SSSR count). The topological polar surface area (TPSA) is 137 Å². The summed E-state index contributed by atoms with van der Waals surface area (Å²) in [6, 6.07) is 15.7. The van der Waals surface area contributed by atoms with Crippen molar-refractivity contribution < 1.29 is 4.79 Å². The van der Waals surface area contributed by atoms with E-state index in [2.05, 4.69) is 10.3 Å². The van der Waals surface area contributed by atoms with E-state index >= 15 is 0 Å². The standard InChI is InChI=1S/C22H21ClN6O3/c1-2-28(13-18(30)26-17-10-16(23)9-8-15(17)11-24)19-20(25)29(22(32)27-21(19)31)12-14-6-4-3-5-7-14/h3-10H,2,12-13,25H2,1H3,(H,26,30)(H,27,31,32). The van der Waals surface area contributed by atoms with Gasteiger partial charge in [-0.05, 0) is 30.7 Å². The summed E-state index contributed by atoms with van der Waals surface area (Å²) in [6.07, 6.45) is 0. The van der Waals surface area contributed by atoms with E-state index in [1.54, 1.807) is 13.0 Å². The van der Waals surface area contributed by atoms with E-state index in [4.69, 9.17) is 17.3 Å². The summed E-state index contributed by atoms with van der Waals surface area (Å²) in [6.45, 7) is 1.95. The van der Waals surface area contributed by atoms with Gasteiger partial charge in [0.1, 0.15) is 17.6 Å². The fraction of sp³-hybridized carbons (Fsp3) is 0.182. The highest BCUT2D eigenvalue weighted by Gasteiger charge is 2.20. The number of halogens is 1. The van der Waals surface area contributed by atoms with Gasteiger partial charge in [-0.3, -0.25) is 19.1 Å². The molecule has 2 aromatic carbocycles. The Labute approximate surface area is 188 Å². The van der Waals surface area contributed by atoms with Crippen LogP contribution in [0.15, 0.2) is 58.1 Å². The van der Waals surface area contributed by atoms with Gasteiger partial charge in [-0.1, -0.05) is 41.9 Å². The highest BCUT2D eigenvalue weighted by atomic mass is 35.5. The van der Waals surface area contributed by atoms with E-state index in [0.717, 1.165) is 5.56 Å². The number of anilines is 3. The van der Waals surface area contributed by atoms with Crippen LogP contribution in [0.2, 0.25) is 5.02 Å². The highest BCUT2D eigenvalue weighted by Crippen LogP contribution is 2.21. The van der Waals surface area contributed by atoms with Gasteiger partial charge in [0.15, 0.2) is 0 Å². The van der Waals surface area contributed by atoms with Gasteiger partial charge in [-0.2, -0.15) is 5.26 Å². The number of hydrogen-bond donors (Lipinski definition) is 3. The van der Waals surface area contributed by atoms with Gasteiger partial charge in [0, 0.05) is 11.6 Å². The average molecular weight is 453 g/mol. The van der Waals surface area contributed by atoms with E-state index in [-0.39, 0.29) is 42.4 Å². The molecule has 0 spiro atoms. The Morgan fingerprint density at radius 2 is 1.97 bits per heavy atom. The molecule has 0 saturated carbocycles. The molecule has 0 aliphatic rings. The molecule has 10 heteroatoms. The van der Waals surface area contributed by atoms with Gasteiger partial charge < -0.3 is 16.0 Å². The predicted octanol–water partition coefficient (Wildman–Crippen LogP) is 2.16. The average Bonchev–Trinajstić information content (AvgIpc) is 2.76. The van der Waals surface area contributed by atoms with Gasteiger partial charge in [0.25, 0.3) is 5.56 Å². The highest BCUT2D eigenvalue weighted by molar-refractivity contribution is 6.31. The quantitative estimate of drug-likeness (QED) is 0.502. The summed E-state index contributed by atoms with van der Waals surface area (Å²) in [4.78, 5) is 41.4. The number of amides is 1. The van der Waals surface area contributed by atoms with Crippen LogP contribution >= 0.6 is 11.6 Å². The van der Waals surface area contributed by atoms with Crippen molar-refractivity contribution >= 4 is 34.7 Å². The lowest BCUT2D eigenvalue weighted by molar-refractivity contribution is -0.115. The molecule has 0 aliphatic carbocycles. The zero-order valence-electron chi connectivity index (χ0n) is 17.3. The SMILES string of the molecule is CCN(CC(=O)Nc1cc(Cl)ccc1C#N)c1c(N)n(Cc2ccccc2)c(=O)[nH]c1=O. The number of nitrogens with two attached hydrogens (primary N) is 1. The zero-order valence-corrected chi connectivity index (χ0v) is 18.0. The molecular weight excluding hydrogens is 432 g/mol. The van der Waals surface area contributed by atoms with E-state index in [1.807, 2.05) is 36.4 Å². The van der Waals surface area contributed by atoms with Crippen molar-refractivity contribution in [2.24, 2.45) is 0 Å². The van der Waals surface area contributed by atoms with Gasteiger partial charge in [-0.25, -0.2) is 4.79 Å². The third-order valence-electron chi connectivity index (χ3n) is 4.81. The first-order chi connectivity index (χ1) is 15.3. The molecular formula is C22H21ClN6O3. The Balaban J connectivity index is 1.90. The van der Waals surface area contributed by atoms with E-state index in [9.17, 15) is 19.6 Å². The van der Waals surface area contributed by atoms with Gasteiger partial charge in [0.05, 0.1) is 24.3 Å². The number of nitrogen functional groups attached to an aromatic ring is 1. The van der Waals surface area contributed by atoms with Crippen molar-refractivity contribution in [3.8, 4) is 6.07 Å². The van der Waals surface area contributed by atoms with Crippen LogP contribution in [0.3, 0.4) is 0 Å². The Morgan fingerprint density at radius 3 is 2.62 bits per heavy atom. The van der Waals surface area contributed by atoms with Crippen molar-refractivity contribution in [1.82, 2.24) is 9.55 Å². The maximum atomic E-state index is 12.7. The first-order valence-corrected chi connectivity index (χ1v) is 10.1.